The Hall–Kier alpha value is -2.26. The van der Waals surface area contributed by atoms with Crippen molar-refractivity contribution in [1.29, 1.82) is 0 Å². The summed E-state index contributed by atoms with van der Waals surface area (Å²) in [5, 5.41) is 0.683. The van der Waals surface area contributed by atoms with Crippen LogP contribution in [0.15, 0.2) is 55.0 Å². The van der Waals surface area contributed by atoms with Crippen molar-refractivity contribution in [2.45, 2.75) is 26.2 Å². The SMILES string of the molecule is CC(C)(C)c1cc(-c2cc(-c3ccccc3Cl)ncn2)ccn1. The van der Waals surface area contributed by atoms with Crippen LogP contribution < -0.4 is 0 Å². The molecule has 0 bridgehead atoms. The minimum atomic E-state index is -0.00535. The molecule has 0 amide bonds. The third-order valence-electron chi connectivity index (χ3n) is 3.64. The van der Waals surface area contributed by atoms with E-state index in [2.05, 4.69) is 41.8 Å². The molecule has 0 radical (unpaired) electrons. The van der Waals surface area contributed by atoms with Gasteiger partial charge in [0.15, 0.2) is 0 Å². The van der Waals surface area contributed by atoms with E-state index in [1.54, 1.807) is 6.33 Å². The van der Waals surface area contributed by atoms with Gasteiger partial charge in [-0.25, -0.2) is 9.97 Å². The Bertz CT molecular complexity index is 838. The number of hydrogen-bond donors (Lipinski definition) is 0. The van der Waals surface area contributed by atoms with Gasteiger partial charge in [0.1, 0.15) is 6.33 Å². The van der Waals surface area contributed by atoms with Gasteiger partial charge in [-0.1, -0.05) is 50.6 Å². The van der Waals surface area contributed by atoms with Crippen molar-refractivity contribution in [1.82, 2.24) is 15.0 Å². The molecule has 2 heterocycles. The summed E-state index contributed by atoms with van der Waals surface area (Å²) in [4.78, 5) is 13.2. The van der Waals surface area contributed by atoms with Crippen LogP contribution in [0.3, 0.4) is 0 Å². The van der Waals surface area contributed by atoms with Gasteiger partial charge in [-0.3, -0.25) is 4.98 Å². The van der Waals surface area contributed by atoms with Gasteiger partial charge >= 0.3 is 0 Å². The molecule has 3 nitrogen and oxygen atoms in total. The number of aromatic nitrogens is 3. The van der Waals surface area contributed by atoms with E-state index in [9.17, 15) is 0 Å². The zero-order valence-electron chi connectivity index (χ0n) is 13.4. The predicted octanol–water partition coefficient (Wildman–Crippen LogP) is 5.16. The van der Waals surface area contributed by atoms with E-state index in [1.807, 2.05) is 42.6 Å². The van der Waals surface area contributed by atoms with Crippen molar-refractivity contribution in [2.75, 3.05) is 0 Å². The lowest BCUT2D eigenvalue weighted by Crippen LogP contribution is -2.13. The Morgan fingerprint density at radius 2 is 1.61 bits per heavy atom. The van der Waals surface area contributed by atoms with Crippen molar-refractivity contribution in [3.8, 4) is 22.5 Å². The smallest absolute Gasteiger partial charge is 0.116 e. The molecule has 0 spiro atoms. The van der Waals surface area contributed by atoms with Gasteiger partial charge in [-0.05, 0) is 24.3 Å². The van der Waals surface area contributed by atoms with Crippen molar-refractivity contribution < 1.29 is 0 Å². The zero-order chi connectivity index (χ0) is 16.4. The van der Waals surface area contributed by atoms with E-state index in [-0.39, 0.29) is 5.41 Å². The van der Waals surface area contributed by atoms with Crippen LogP contribution in [0.25, 0.3) is 22.5 Å². The molecule has 0 unspecified atom stereocenters. The fraction of sp³-hybridized carbons (Fsp3) is 0.211. The third-order valence-corrected chi connectivity index (χ3v) is 3.97. The number of halogens is 1. The van der Waals surface area contributed by atoms with Gasteiger partial charge in [0, 0.05) is 33.5 Å². The first-order valence-corrected chi connectivity index (χ1v) is 7.87. The van der Waals surface area contributed by atoms with Crippen LogP contribution in [-0.2, 0) is 5.41 Å². The summed E-state index contributed by atoms with van der Waals surface area (Å²) in [5.41, 5.74) is 4.64. The molecule has 4 heteroatoms. The van der Waals surface area contributed by atoms with Gasteiger partial charge in [0.05, 0.1) is 11.4 Å². The molecule has 116 valence electrons. The van der Waals surface area contributed by atoms with E-state index in [0.29, 0.717) is 5.02 Å². The molecule has 3 aromatic rings. The first-order valence-electron chi connectivity index (χ1n) is 7.49. The van der Waals surface area contributed by atoms with Crippen LogP contribution in [0.4, 0.5) is 0 Å². The zero-order valence-corrected chi connectivity index (χ0v) is 14.2. The molecular formula is C19H18ClN3. The topological polar surface area (TPSA) is 38.7 Å². The Balaban J connectivity index is 2.06. The summed E-state index contributed by atoms with van der Waals surface area (Å²) in [7, 11) is 0. The summed E-state index contributed by atoms with van der Waals surface area (Å²) < 4.78 is 0. The Labute approximate surface area is 141 Å². The molecular weight excluding hydrogens is 306 g/mol. The highest BCUT2D eigenvalue weighted by atomic mass is 35.5. The maximum atomic E-state index is 6.27. The van der Waals surface area contributed by atoms with Crippen LogP contribution in [0.5, 0.6) is 0 Å². The maximum Gasteiger partial charge on any atom is 0.116 e. The summed E-state index contributed by atoms with van der Waals surface area (Å²) >= 11 is 6.27. The molecule has 0 saturated heterocycles. The van der Waals surface area contributed by atoms with E-state index in [1.165, 1.54) is 0 Å². The molecule has 0 saturated carbocycles. The largest absolute Gasteiger partial charge is 0.261 e. The molecule has 0 aliphatic rings. The first-order chi connectivity index (χ1) is 10.9. The molecule has 0 aliphatic carbocycles. The highest BCUT2D eigenvalue weighted by Gasteiger charge is 2.16. The van der Waals surface area contributed by atoms with Gasteiger partial charge in [0.25, 0.3) is 0 Å². The van der Waals surface area contributed by atoms with Crippen LogP contribution in [0, 0.1) is 0 Å². The average molecular weight is 324 g/mol. The molecule has 1 aromatic carbocycles. The summed E-state index contributed by atoms with van der Waals surface area (Å²) in [5.74, 6) is 0. The van der Waals surface area contributed by atoms with Crippen molar-refractivity contribution in [3.05, 3.63) is 65.7 Å². The van der Waals surface area contributed by atoms with Crippen LogP contribution in [0.2, 0.25) is 5.02 Å². The van der Waals surface area contributed by atoms with E-state index in [4.69, 9.17) is 11.6 Å². The van der Waals surface area contributed by atoms with Crippen LogP contribution >= 0.6 is 11.6 Å². The summed E-state index contributed by atoms with van der Waals surface area (Å²) in [6, 6.07) is 13.7. The molecule has 23 heavy (non-hydrogen) atoms. The second-order valence-corrected chi connectivity index (χ2v) is 6.86. The van der Waals surface area contributed by atoms with Gasteiger partial charge in [0.2, 0.25) is 0 Å². The Morgan fingerprint density at radius 1 is 0.870 bits per heavy atom. The number of pyridine rings is 1. The fourth-order valence-electron chi connectivity index (χ4n) is 2.33. The predicted molar refractivity (Wildman–Crippen MR) is 94.4 cm³/mol. The number of benzene rings is 1. The molecule has 2 aromatic heterocycles. The third kappa shape index (κ3) is 3.40. The normalized spacial score (nSPS) is 11.5. The Morgan fingerprint density at radius 3 is 2.35 bits per heavy atom. The highest BCUT2D eigenvalue weighted by molar-refractivity contribution is 6.33. The lowest BCUT2D eigenvalue weighted by Gasteiger charge is -2.18. The molecule has 3 rings (SSSR count). The lowest BCUT2D eigenvalue weighted by atomic mass is 9.90. The maximum absolute atomic E-state index is 6.27. The number of hydrogen-bond acceptors (Lipinski definition) is 3. The van der Waals surface area contributed by atoms with Crippen molar-refractivity contribution in [2.24, 2.45) is 0 Å². The molecule has 0 atom stereocenters. The monoisotopic (exact) mass is 323 g/mol. The quantitative estimate of drug-likeness (QED) is 0.654. The van der Waals surface area contributed by atoms with Crippen LogP contribution in [0.1, 0.15) is 26.5 Å². The minimum Gasteiger partial charge on any atom is -0.261 e. The van der Waals surface area contributed by atoms with Crippen molar-refractivity contribution in [3.63, 3.8) is 0 Å². The second kappa shape index (κ2) is 6.09. The van der Waals surface area contributed by atoms with Crippen molar-refractivity contribution >= 4 is 11.6 Å². The second-order valence-electron chi connectivity index (χ2n) is 6.45. The fourth-order valence-corrected chi connectivity index (χ4v) is 2.56. The number of nitrogens with zero attached hydrogens (tertiary/aromatic N) is 3. The molecule has 0 N–H and O–H groups in total. The summed E-state index contributed by atoms with van der Waals surface area (Å²) in [6.45, 7) is 6.44. The standard InChI is InChI=1S/C19H18ClN3/c1-19(2,3)18-10-13(8-9-21-18)16-11-17(23-12-22-16)14-6-4-5-7-15(14)20/h4-12H,1-3H3. The summed E-state index contributed by atoms with van der Waals surface area (Å²) in [6.07, 6.45) is 3.40. The van der Waals surface area contributed by atoms with E-state index >= 15 is 0 Å². The van der Waals surface area contributed by atoms with Crippen LogP contribution in [-0.4, -0.2) is 15.0 Å². The van der Waals surface area contributed by atoms with Gasteiger partial charge < -0.3 is 0 Å². The minimum absolute atomic E-state index is 0.00535. The van der Waals surface area contributed by atoms with E-state index in [0.717, 1.165) is 28.2 Å². The Kier molecular flexibility index (Phi) is 4.14. The van der Waals surface area contributed by atoms with E-state index < -0.39 is 0 Å². The highest BCUT2D eigenvalue weighted by Crippen LogP contribution is 2.29. The van der Waals surface area contributed by atoms with Gasteiger partial charge in [-0.2, -0.15) is 0 Å². The lowest BCUT2D eigenvalue weighted by molar-refractivity contribution is 0.569. The molecule has 0 aliphatic heterocycles. The van der Waals surface area contributed by atoms with Gasteiger partial charge in [-0.15, -0.1) is 0 Å². The first kappa shape index (κ1) is 15.6. The molecule has 0 fully saturated rings. The average Bonchev–Trinajstić information content (AvgIpc) is 2.55. The number of rotatable bonds is 2.